The van der Waals surface area contributed by atoms with Crippen LogP contribution in [0.5, 0.6) is 5.75 Å². The van der Waals surface area contributed by atoms with Crippen LogP contribution < -0.4 is 10.1 Å². The Labute approximate surface area is 145 Å². The Morgan fingerprint density at radius 3 is 2.48 bits per heavy atom. The highest BCUT2D eigenvalue weighted by molar-refractivity contribution is 5.91. The topological polar surface area (TPSA) is 56.1 Å². The Bertz CT molecular complexity index is 871. The highest BCUT2D eigenvalue weighted by Gasteiger charge is 2.11. The molecule has 3 rings (SSSR count). The predicted octanol–water partition coefficient (Wildman–Crippen LogP) is 3.51. The highest BCUT2D eigenvalue weighted by atomic mass is 19.1. The van der Waals surface area contributed by atoms with Crippen molar-refractivity contribution in [2.24, 2.45) is 0 Å². The summed E-state index contributed by atoms with van der Waals surface area (Å²) in [6.07, 6.45) is 0.234. The van der Waals surface area contributed by atoms with Gasteiger partial charge in [0.05, 0.1) is 24.9 Å². The SMILES string of the molecule is COc1ccc(CC(=O)Nc2cc(C)nn2-c2ccc(F)cc2)cc1. The molecule has 0 fully saturated rings. The molecule has 6 heteroatoms. The molecular formula is C19H18FN3O2. The first-order chi connectivity index (χ1) is 12.0. The average Bonchev–Trinajstić information content (AvgIpc) is 2.96. The van der Waals surface area contributed by atoms with E-state index in [1.165, 1.54) is 12.1 Å². The third kappa shape index (κ3) is 4.03. The summed E-state index contributed by atoms with van der Waals surface area (Å²) in [4.78, 5) is 12.3. The van der Waals surface area contributed by atoms with Crippen LogP contribution in [0, 0.1) is 12.7 Å². The molecular weight excluding hydrogens is 321 g/mol. The van der Waals surface area contributed by atoms with E-state index in [1.807, 2.05) is 31.2 Å². The molecule has 0 aliphatic rings. The minimum atomic E-state index is -0.322. The van der Waals surface area contributed by atoms with Crippen LogP contribution in [-0.2, 0) is 11.2 Å². The normalized spacial score (nSPS) is 10.5. The lowest BCUT2D eigenvalue weighted by atomic mass is 10.1. The summed E-state index contributed by atoms with van der Waals surface area (Å²) in [5.41, 5.74) is 2.31. The Hall–Kier alpha value is -3.15. The van der Waals surface area contributed by atoms with E-state index in [0.29, 0.717) is 11.5 Å². The Balaban J connectivity index is 1.75. The van der Waals surface area contributed by atoms with Gasteiger partial charge in [-0.15, -0.1) is 0 Å². The molecule has 1 N–H and O–H groups in total. The number of hydrogen-bond acceptors (Lipinski definition) is 3. The van der Waals surface area contributed by atoms with Crippen molar-refractivity contribution in [2.75, 3.05) is 12.4 Å². The van der Waals surface area contributed by atoms with Crippen LogP contribution in [0.1, 0.15) is 11.3 Å². The van der Waals surface area contributed by atoms with E-state index in [9.17, 15) is 9.18 Å². The van der Waals surface area contributed by atoms with Crippen molar-refractivity contribution < 1.29 is 13.9 Å². The van der Waals surface area contributed by atoms with Crippen LogP contribution in [0.4, 0.5) is 10.2 Å². The maximum absolute atomic E-state index is 13.1. The molecule has 0 spiro atoms. The summed E-state index contributed by atoms with van der Waals surface area (Å²) in [5.74, 6) is 0.808. The number of amides is 1. The first-order valence-corrected chi connectivity index (χ1v) is 7.80. The first kappa shape index (κ1) is 16.7. The van der Waals surface area contributed by atoms with E-state index in [-0.39, 0.29) is 18.1 Å². The van der Waals surface area contributed by atoms with Crippen LogP contribution in [0.3, 0.4) is 0 Å². The summed E-state index contributed by atoms with van der Waals surface area (Å²) < 4.78 is 19.8. The van der Waals surface area contributed by atoms with Crippen molar-refractivity contribution >= 4 is 11.7 Å². The van der Waals surface area contributed by atoms with Crippen molar-refractivity contribution in [3.63, 3.8) is 0 Å². The molecule has 25 heavy (non-hydrogen) atoms. The predicted molar refractivity (Wildman–Crippen MR) is 93.6 cm³/mol. The number of carbonyl (C=O) groups is 1. The van der Waals surface area contributed by atoms with E-state index >= 15 is 0 Å². The number of hydrogen-bond donors (Lipinski definition) is 1. The van der Waals surface area contributed by atoms with Crippen molar-refractivity contribution in [3.8, 4) is 11.4 Å². The molecule has 0 atom stereocenters. The smallest absolute Gasteiger partial charge is 0.229 e. The second kappa shape index (κ2) is 7.17. The van der Waals surface area contributed by atoms with Gasteiger partial charge in [0.15, 0.2) is 0 Å². The minimum absolute atomic E-state index is 0.159. The summed E-state index contributed by atoms with van der Waals surface area (Å²) >= 11 is 0. The average molecular weight is 339 g/mol. The number of benzene rings is 2. The zero-order chi connectivity index (χ0) is 17.8. The summed E-state index contributed by atoms with van der Waals surface area (Å²) in [7, 11) is 1.60. The van der Waals surface area contributed by atoms with E-state index in [4.69, 9.17) is 4.74 Å². The lowest BCUT2D eigenvalue weighted by Gasteiger charge is -2.09. The molecule has 0 bridgehead atoms. The number of nitrogens with zero attached hydrogens (tertiary/aromatic N) is 2. The van der Waals surface area contributed by atoms with E-state index in [2.05, 4.69) is 10.4 Å². The van der Waals surface area contributed by atoms with Crippen LogP contribution in [0.25, 0.3) is 5.69 Å². The lowest BCUT2D eigenvalue weighted by Crippen LogP contribution is -2.17. The number of ether oxygens (including phenoxy) is 1. The van der Waals surface area contributed by atoms with Gasteiger partial charge in [-0.25, -0.2) is 9.07 Å². The van der Waals surface area contributed by atoms with Crippen molar-refractivity contribution in [1.82, 2.24) is 9.78 Å². The maximum atomic E-state index is 13.1. The fraction of sp³-hybridized carbons (Fsp3) is 0.158. The third-order valence-corrected chi connectivity index (χ3v) is 3.69. The number of aryl methyl sites for hydroxylation is 1. The molecule has 0 saturated carbocycles. The molecule has 128 valence electrons. The second-order valence-corrected chi connectivity index (χ2v) is 5.63. The molecule has 0 saturated heterocycles. The molecule has 1 aromatic heterocycles. The van der Waals surface area contributed by atoms with Gasteiger partial charge in [0, 0.05) is 6.07 Å². The number of aromatic nitrogens is 2. The quantitative estimate of drug-likeness (QED) is 0.774. The van der Waals surface area contributed by atoms with Crippen LogP contribution >= 0.6 is 0 Å². The second-order valence-electron chi connectivity index (χ2n) is 5.63. The zero-order valence-electron chi connectivity index (χ0n) is 14.0. The number of halogens is 1. The monoisotopic (exact) mass is 339 g/mol. The number of nitrogens with one attached hydrogen (secondary N) is 1. The molecule has 2 aromatic carbocycles. The van der Waals surface area contributed by atoms with E-state index < -0.39 is 0 Å². The zero-order valence-corrected chi connectivity index (χ0v) is 14.0. The minimum Gasteiger partial charge on any atom is -0.497 e. The fourth-order valence-corrected chi connectivity index (χ4v) is 2.48. The number of rotatable bonds is 5. The molecule has 1 heterocycles. The lowest BCUT2D eigenvalue weighted by molar-refractivity contribution is -0.115. The largest absolute Gasteiger partial charge is 0.497 e. The fourth-order valence-electron chi connectivity index (χ4n) is 2.48. The van der Waals surface area contributed by atoms with Crippen molar-refractivity contribution in [1.29, 1.82) is 0 Å². The van der Waals surface area contributed by atoms with Gasteiger partial charge < -0.3 is 10.1 Å². The van der Waals surface area contributed by atoms with Gasteiger partial charge in [-0.3, -0.25) is 4.79 Å². The van der Waals surface area contributed by atoms with Crippen LogP contribution in [0.15, 0.2) is 54.6 Å². The van der Waals surface area contributed by atoms with Crippen molar-refractivity contribution in [3.05, 3.63) is 71.7 Å². The number of anilines is 1. The molecule has 5 nitrogen and oxygen atoms in total. The number of carbonyl (C=O) groups excluding carboxylic acids is 1. The van der Waals surface area contributed by atoms with Gasteiger partial charge >= 0.3 is 0 Å². The Morgan fingerprint density at radius 1 is 1.16 bits per heavy atom. The summed E-state index contributed by atoms with van der Waals surface area (Å²) in [5, 5.41) is 7.21. The maximum Gasteiger partial charge on any atom is 0.229 e. The molecule has 0 aliphatic carbocycles. The standard InChI is InChI=1S/C19H18FN3O2/c1-13-11-18(23(22-13)16-7-5-15(20)6-8-16)21-19(24)12-14-3-9-17(25-2)10-4-14/h3-11H,12H2,1-2H3,(H,21,24). The van der Waals surface area contributed by atoms with Gasteiger partial charge in [-0.1, -0.05) is 12.1 Å². The third-order valence-electron chi connectivity index (χ3n) is 3.69. The molecule has 3 aromatic rings. The first-order valence-electron chi connectivity index (χ1n) is 7.80. The summed E-state index contributed by atoms with van der Waals surface area (Å²) in [6.45, 7) is 1.83. The van der Waals surface area contributed by atoms with Crippen LogP contribution in [0.2, 0.25) is 0 Å². The van der Waals surface area contributed by atoms with E-state index in [0.717, 1.165) is 17.0 Å². The molecule has 0 aliphatic heterocycles. The molecule has 0 radical (unpaired) electrons. The number of methoxy groups -OCH3 is 1. The Kier molecular flexibility index (Phi) is 4.79. The highest BCUT2D eigenvalue weighted by Crippen LogP contribution is 2.18. The van der Waals surface area contributed by atoms with E-state index in [1.54, 1.807) is 30.0 Å². The van der Waals surface area contributed by atoms with Gasteiger partial charge in [-0.2, -0.15) is 5.10 Å². The van der Waals surface area contributed by atoms with Crippen LogP contribution in [-0.4, -0.2) is 22.8 Å². The molecule has 0 unspecified atom stereocenters. The summed E-state index contributed by atoms with van der Waals surface area (Å²) in [6, 6.07) is 15.0. The van der Waals surface area contributed by atoms with Gasteiger partial charge in [-0.05, 0) is 48.9 Å². The molecule has 1 amide bonds. The Morgan fingerprint density at radius 2 is 1.84 bits per heavy atom. The van der Waals surface area contributed by atoms with Gasteiger partial charge in [0.2, 0.25) is 5.91 Å². The van der Waals surface area contributed by atoms with Gasteiger partial charge in [0.1, 0.15) is 17.4 Å². The van der Waals surface area contributed by atoms with Gasteiger partial charge in [0.25, 0.3) is 0 Å². The van der Waals surface area contributed by atoms with Crippen molar-refractivity contribution in [2.45, 2.75) is 13.3 Å².